The Balaban J connectivity index is 1.87. The minimum Gasteiger partial charge on any atom is -0.481 e. The Labute approximate surface area is 111 Å². The fraction of sp³-hybridized carbons (Fsp3) is 0.833. The lowest BCUT2D eigenvalue weighted by atomic mass is 10.1. The highest BCUT2D eigenvalue weighted by molar-refractivity contribution is 5.75. The number of aliphatic hydroxyl groups is 1. The summed E-state index contributed by atoms with van der Waals surface area (Å²) in [6.07, 6.45) is 0.320. The third kappa shape index (κ3) is 3.57. The van der Waals surface area contributed by atoms with Gasteiger partial charge in [0.2, 0.25) is 0 Å². The van der Waals surface area contributed by atoms with Crippen LogP contribution in [0.5, 0.6) is 0 Å². The first kappa shape index (κ1) is 14.1. The molecule has 7 heteroatoms. The van der Waals surface area contributed by atoms with Crippen molar-refractivity contribution in [2.24, 2.45) is 5.92 Å². The van der Waals surface area contributed by atoms with Crippen molar-refractivity contribution in [1.82, 2.24) is 9.80 Å². The molecule has 2 aliphatic rings. The molecule has 19 heavy (non-hydrogen) atoms. The first-order valence-electron chi connectivity index (χ1n) is 6.58. The Morgan fingerprint density at radius 3 is 2.58 bits per heavy atom. The molecular formula is C12H20N2O5. The number of carboxylic acid groups (broad SMARTS) is 1. The Kier molecular flexibility index (Phi) is 4.60. The number of carboxylic acids is 1. The first-order valence-corrected chi connectivity index (χ1v) is 6.58. The highest BCUT2D eigenvalue weighted by atomic mass is 16.5. The summed E-state index contributed by atoms with van der Waals surface area (Å²) in [5.41, 5.74) is 0. The normalized spacial score (nSPS) is 27.6. The highest BCUT2D eigenvalue weighted by Gasteiger charge is 2.32. The van der Waals surface area contributed by atoms with Crippen molar-refractivity contribution in [1.29, 1.82) is 0 Å². The SMILES string of the molecule is O=C(O)CC1CN(C(=O)N2CCC(CO)C2)CCO1. The maximum Gasteiger partial charge on any atom is 0.320 e. The van der Waals surface area contributed by atoms with Crippen LogP contribution in [0.2, 0.25) is 0 Å². The van der Waals surface area contributed by atoms with Gasteiger partial charge in [-0.3, -0.25) is 4.79 Å². The molecule has 108 valence electrons. The van der Waals surface area contributed by atoms with Gasteiger partial charge in [-0.25, -0.2) is 4.79 Å². The monoisotopic (exact) mass is 272 g/mol. The van der Waals surface area contributed by atoms with Crippen molar-refractivity contribution < 1.29 is 24.5 Å². The average Bonchev–Trinajstić information content (AvgIpc) is 2.86. The van der Waals surface area contributed by atoms with Crippen molar-refractivity contribution in [2.75, 3.05) is 39.4 Å². The number of nitrogens with zero attached hydrogens (tertiary/aromatic N) is 2. The van der Waals surface area contributed by atoms with Crippen molar-refractivity contribution in [3.05, 3.63) is 0 Å². The van der Waals surface area contributed by atoms with Gasteiger partial charge in [-0.1, -0.05) is 0 Å². The van der Waals surface area contributed by atoms with Crippen LogP contribution in [0.3, 0.4) is 0 Å². The fourth-order valence-electron chi connectivity index (χ4n) is 2.57. The van der Waals surface area contributed by atoms with Crippen LogP contribution < -0.4 is 0 Å². The number of likely N-dealkylation sites (tertiary alicyclic amines) is 1. The molecule has 2 fully saturated rings. The molecular weight excluding hydrogens is 252 g/mol. The van der Waals surface area contributed by atoms with Gasteiger partial charge in [0.05, 0.1) is 19.1 Å². The predicted octanol–water partition coefficient (Wildman–Crippen LogP) is -0.404. The highest BCUT2D eigenvalue weighted by Crippen LogP contribution is 2.18. The summed E-state index contributed by atoms with van der Waals surface area (Å²) in [5, 5.41) is 17.8. The van der Waals surface area contributed by atoms with E-state index in [0.29, 0.717) is 32.8 Å². The van der Waals surface area contributed by atoms with E-state index in [9.17, 15) is 9.59 Å². The summed E-state index contributed by atoms with van der Waals surface area (Å²) in [7, 11) is 0. The maximum absolute atomic E-state index is 12.3. The molecule has 2 amide bonds. The number of urea groups is 1. The first-order chi connectivity index (χ1) is 9.10. The van der Waals surface area contributed by atoms with E-state index < -0.39 is 12.1 Å². The molecule has 2 N–H and O–H groups in total. The number of hydrogen-bond acceptors (Lipinski definition) is 4. The number of ether oxygens (including phenoxy) is 1. The minimum absolute atomic E-state index is 0.0744. The number of morpholine rings is 1. The molecule has 0 aromatic carbocycles. The van der Waals surface area contributed by atoms with Crippen LogP contribution >= 0.6 is 0 Å². The number of hydrogen-bond donors (Lipinski definition) is 2. The van der Waals surface area contributed by atoms with Gasteiger partial charge < -0.3 is 24.7 Å². The summed E-state index contributed by atoms with van der Waals surface area (Å²) < 4.78 is 5.34. The van der Waals surface area contributed by atoms with Crippen LogP contribution in [0.15, 0.2) is 0 Å². The molecule has 2 aliphatic heterocycles. The van der Waals surface area contributed by atoms with Gasteiger partial charge in [0.1, 0.15) is 0 Å². The zero-order chi connectivity index (χ0) is 13.8. The van der Waals surface area contributed by atoms with Gasteiger partial charge in [-0.2, -0.15) is 0 Å². The van der Waals surface area contributed by atoms with E-state index in [1.807, 2.05) is 0 Å². The molecule has 0 saturated carbocycles. The molecule has 2 heterocycles. The van der Waals surface area contributed by atoms with Crippen molar-refractivity contribution >= 4 is 12.0 Å². The molecule has 0 bridgehead atoms. The summed E-state index contributed by atoms with van der Waals surface area (Å²) >= 11 is 0. The number of carbonyl (C=O) groups is 2. The lowest BCUT2D eigenvalue weighted by Gasteiger charge is -2.34. The maximum atomic E-state index is 12.3. The summed E-state index contributed by atoms with van der Waals surface area (Å²) in [5.74, 6) is -0.749. The topological polar surface area (TPSA) is 90.3 Å². The number of aliphatic hydroxyl groups excluding tert-OH is 1. The second-order valence-corrected chi connectivity index (χ2v) is 5.10. The molecule has 0 spiro atoms. The van der Waals surface area contributed by atoms with Gasteiger partial charge in [-0.15, -0.1) is 0 Å². The van der Waals surface area contributed by atoms with Crippen molar-refractivity contribution in [3.8, 4) is 0 Å². The molecule has 0 aromatic heterocycles. The van der Waals surface area contributed by atoms with Crippen LogP contribution in [0.4, 0.5) is 4.79 Å². The Morgan fingerprint density at radius 1 is 1.21 bits per heavy atom. The largest absolute Gasteiger partial charge is 0.481 e. The Bertz CT molecular complexity index is 349. The van der Waals surface area contributed by atoms with Gasteiger partial charge >= 0.3 is 12.0 Å². The minimum atomic E-state index is -0.916. The molecule has 0 radical (unpaired) electrons. The van der Waals surface area contributed by atoms with Gasteiger partial charge in [0.15, 0.2) is 0 Å². The number of amides is 2. The van der Waals surface area contributed by atoms with Crippen LogP contribution in [-0.2, 0) is 9.53 Å². The molecule has 2 saturated heterocycles. The smallest absolute Gasteiger partial charge is 0.320 e. The van der Waals surface area contributed by atoms with Gasteiger partial charge in [0, 0.05) is 38.7 Å². The molecule has 0 aromatic rings. The molecule has 7 nitrogen and oxygen atoms in total. The Hall–Kier alpha value is -1.34. The second-order valence-electron chi connectivity index (χ2n) is 5.10. The van der Waals surface area contributed by atoms with Crippen LogP contribution in [-0.4, -0.2) is 77.5 Å². The summed E-state index contributed by atoms with van der Waals surface area (Å²) in [6.45, 7) is 2.54. The zero-order valence-corrected chi connectivity index (χ0v) is 10.8. The summed E-state index contributed by atoms with van der Waals surface area (Å²) in [4.78, 5) is 26.3. The number of aliphatic carboxylic acids is 1. The second kappa shape index (κ2) is 6.21. The van der Waals surface area contributed by atoms with Crippen LogP contribution in [0.25, 0.3) is 0 Å². The standard InChI is InChI=1S/C12H20N2O5/c15-8-9-1-2-13(6-9)12(18)14-3-4-19-10(7-14)5-11(16)17/h9-10,15H,1-8H2,(H,16,17). The Morgan fingerprint density at radius 2 is 1.95 bits per heavy atom. The zero-order valence-electron chi connectivity index (χ0n) is 10.8. The van der Waals surface area contributed by atoms with E-state index in [4.69, 9.17) is 14.9 Å². The molecule has 2 unspecified atom stereocenters. The van der Waals surface area contributed by atoms with E-state index in [0.717, 1.165) is 6.42 Å². The lowest BCUT2D eigenvalue weighted by molar-refractivity contribution is -0.141. The molecule has 0 aliphatic carbocycles. The number of rotatable bonds is 3. The third-order valence-corrected chi connectivity index (χ3v) is 3.63. The number of carbonyl (C=O) groups excluding carboxylic acids is 1. The third-order valence-electron chi connectivity index (χ3n) is 3.63. The van der Waals surface area contributed by atoms with Gasteiger partial charge in [0.25, 0.3) is 0 Å². The molecule has 2 atom stereocenters. The predicted molar refractivity (Wildman–Crippen MR) is 65.7 cm³/mol. The fourth-order valence-corrected chi connectivity index (χ4v) is 2.57. The van der Waals surface area contributed by atoms with E-state index >= 15 is 0 Å². The lowest BCUT2D eigenvalue weighted by Crippen LogP contribution is -2.51. The average molecular weight is 272 g/mol. The van der Waals surface area contributed by atoms with Crippen LogP contribution in [0, 0.1) is 5.92 Å². The van der Waals surface area contributed by atoms with E-state index in [1.54, 1.807) is 9.80 Å². The van der Waals surface area contributed by atoms with Crippen LogP contribution in [0.1, 0.15) is 12.8 Å². The van der Waals surface area contributed by atoms with Gasteiger partial charge in [-0.05, 0) is 6.42 Å². The molecule has 2 rings (SSSR count). The quantitative estimate of drug-likeness (QED) is 0.729. The van der Waals surface area contributed by atoms with E-state index in [1.165, 1.54) is 0 Å². The van der Waals surface area contributed by atoms with Crippen molar-refractivity contribution in [3.63, 3.8) is 0 Å². The van der Waals surface area contributed by atoms with E-state index in [2.05, 4.69) is 0 Å². The van der Waals surface area contributed by atoms with E-state index in [-0.39, 0.29) is 25.0 Å². The summed E-state index contributed by atoms with van der Waals surface area (Å²) in [6, 6.07) is -0.0744. The van der Waals surface area contributed by atoms with Crippen molar-refractivity contribution in [2.45, 2.75) is 18.9 Å².